The van der Waals surface area contributed by atoms with E-state index in [2.05, 4.69) is 15.2 Å². The number of aliphatic imine (C=N–C) groups is 1. The number of likely N-dealkylation sites (tertiary alicyclic amines) is 1. The van der Waals surface area contributed by atoms with E-state index < -0.39 is 35.2 Å². The summed E-state index contributed by atoms with van der Waals surface area (Å²) in [6.07, 6.45) is 0.605. The number of fused-ring (bicyclic) bond motifs is 1. The number of β-lactam (4-membered cyclic amide) rings is 1. The zero-order valence-electron chi connectivity index (χ0n) is 26.1. The van der Waals surface area contributed by atoms with Crippen LogP contribution in [0.15, 0.2) is 88.4 Å². The Morgan fingerprint density at radius 2 is 1.76 bits per heavy atom. The van der Waals surface area contributed by atoms with Crippen LogP contribution in [0.25, 0.3) is 0 Å². The van der Waals surface area contributed by atoms with Gasteiger partial charge in [0.25, 0.3) is 5.91 Å². The molecule has 0 radical (unpaired) electrons. The van der Waals surface area contributed by atoms with Crippen LogP contribution in [0.3, 0.4) is 0 Å². The predicted molar refractivity (Wildman–Crippen MR) is 186 cm³/mol. The van der Waals surface area contributed by atoms with Gasteiger partial charge in [0.2, 0.25) is 0 Å². The van der Waals surface area contributed by atoms with Crippen LogP contribution in [0, 0.1) is 5.92 Å². The molecule has 9 nitrogen and oxygen atoms in total. The second kappa shape index (κ2) is 14.2. The predicted octanol–water partition coefficient (Wildman–Crippen LogP) is 5.66. The summed E-state index contributed by atoms with van der Waals surface area (Å²) >= 11 is 5.04. The number of nitrogens with one attached hydrogen (secondary N) is 1. The van der Waals surface area contributed by atoms with Gasteiger partial charge in [0, 0.05) is 36.3 Å². The summed E-state index contributed by atoms with van der Waals surface area (Å²) in [5.41, 5.74) is 1.89. The minimum absolute atomic E-state index is 0.218. The van der Waals surface area contributed by atoms with E-state index in [1.54, 1.807) is 32.5 Å². The van der Waals surface area contributed by atoms with Gasteiger partial charge in [0.05, 0.1) is 6.54 Å². The zero-order chi connectivity index (χ0) is 32.3. The quantitative estimate of drug-likeness (QED) is 0.266. The van der Waals surface area contributed by atoms with E-state index in [9.17, 15) is 14.4 Å². The van der Waals surface area contributed by atoms with Crippen LogP contribution in [0.4, 0.5) is 4.79 Å². The first-order valence-corrected chi connectivity index (χ1v) is 18.4. The molecule has 2 amide bonds. The Bertz CT molecular complexity index is 1500. The molecule has 242 valence electrons. The molecule has 0 aromatic heterocycles. The topological polar surface area (TPSA) is 101 Å². The second-order valence-electron chi connectivity index (χ2n) is 12.4. The molecular weight excluding hydrogens is 641 g/mol. The van der Waals surface area contributed by atoms with Gasteiger partial charge in [-0.1, -0.05) is 72.4 Å². The summed E-state index contributed by atoms with van der Waals surface area (Å²) in [6.45, 7) is 8.24. The Hall–Kier alpha value is -3.35. The summed E-state index contributed by atoms with van der Waals surface area (Å²) in [5.74, 6) is 2.14. The van der Waals surface area contributed by atoms with Crippen LogP contribution in [0.2, 0.25) is 0 Å². The molecule has 0 unspecified atom stereocenters. The van der Waals surface area contributed by atoms with Crippen molar-refractivity contribution in [1.29, 1.82) is 0 Å². The Morgan fingerprint density at radius 1 is 1.09 bits per heavy atom. The average molecular weight is 679 g/mol. The van der Waals surface area contributed by atoms with E-state index in [0.29, 0.717) is 11.7 Å². The molecular formula is C34H38N4O5S3. The fraction of sp³-hybridized carbons (Fsp3) is 0.412. The molecule has 2 saturated heterocycles. The number of hydrogen-bond acceptors (Lipinski definition) is 10. The van der Waals surface area contributed by atoms with Crippen LogP contribution in [-0.4, -0.2) is 86.8 Å². The van der Waals surface area contributed by atoms with Crippen LogP contribution >= 0.6 is 35.3 Å². The monoisotopic (exact) mass is 678 g/mol. The van der Waals surface area contributed by atoms with Gasteiger partial charge in [-0.2, -0.15) is 0 Å². The molecule has 0 saturated carbocycles. The van der Waals surface area contributed by atoms with Gasteiger partial charge >= 0.3 is 12.1 Å². The SMILES string of the molecule is CC(C)(C)OC(=O)N[C@@H]1C(=O)N2C(C(=O)OC(c3ccccc3)c3ccccc3)=C(C=CSCC3CN(C4=NCCS4)C3)CS[C@H]12. The van der Waals surface area contributed by atoms with Crippen LogP contribution in [0.5, 0.6) is 0 Å². The second-order valence-corrected chi connectivity index (χ2v) is 15.5. The Kier molecular flexibility index (Phi) is 10.0. The average Bonchev–Trinajstić information content (AvgIpc) is 3.55. The number of ether oxygens (including phenoxy) is 2. The zero-order valence-corrected chi connectivity index (χ0v) is 28.5. The van der Waals surface area contributed by atoms with Gasteiger partial charge < -0.3 is 19.7 Å². The number of amidine groups is 1. The Balaban J connectivity index is 1.20. The molecule has 12 heteroatoms. The number of carbonyl (C=O) groups is 3. The summed E-state index contributed by atoms with van der Waals surface area (Å²) in [6, 6.07) is 18.3. The Morgan fingerprint density at radius 3 is 2.37 bits per heavy atom. The van der Waals surface area contributed by atoms with Crippen LogP contribution in [-0.2, 0) is 19.1 Å². The molecule has 2 aromatic rings. The Labute approximate surface area is 282 Å². The molecule has 0 spiro atoms. The minimum atomic E-state index is -0.800. The number of hydrogen-bond donors (Lipinski definition) is 1. The molecule has 0 bridgehead atoms. The summed E-state index contributed by atoms with van der Waals surface area (Å²) in [7, 11) is 0. The maximum atomic E-state index is 14.1. The molecule has 4 aliphatic rings. The van der Waals surface area contributed by atoms with Crippen molar-refractivity contribution in [3.63, 3.8) is 0 Å². The first-order chi connectivity index (χ1) is 22.2. The highest BCUT2D eigenvalue weighted by Gasteiger charge is 2.55. The summed E-state index contributed by atoms with van der Waals surface area (Å²) in [5, 5.41) is 5.44. The van der Waals surface area contributed by atoms with Crippen molar-refractivity contribution in [2.75, 3.05) is 36.9 Å². The van der Waals surface area contributed by atoms with Crippen molar-refractivity contribution >= 4 is 58.4 Å². The number of thioether (sulfide) groups is 3. The molecule has 46 heavy (non-hydrogen) atoms. The molecule has 6 rings (SSSR count). The molecule has 4 aliphatic heterocycles. The van der Waals surface area contributed by atoms with Crippen LogP contribution < -0.4 is 5.32 Å². The van der Waals surface area contributed by atoms with Gasteiger partial charge in [-0.25, -0.2) is 9.59 Å². The smallest absolute Gasteiger partial charge is 0.408 e. The number of allylic oxidation sites excluding steroid dienone is 1. The lowest BCUT2D eigenvalue weighted by Gasteiger charge is -2.49. The fourth-order valence-corrected chi connectivity index (χ4v) is 8.66. The highest BCUT2D eigenvalue weighted by atomic mass is 32.2. The molecule has 2 atom stereocenters. The molecule has 2 aromatic carbocycles. The van der Waals surface area contributed by atoms with Crippen molar-refractivity contribution in [2.45, 2.75) is 43.9 Å². The molecule has 4 heterocycles. The number of rotatable bonds is 9. The number of benzene rings is 2. The third-order valence-corrected chi connectivity index (χ3v) is 11.1. The van der Waals surface area contributed by atoms with E-state index in [0.717, 1.165) is 47.8 Å². The van der Waals surface area contributed by atoms with Gasteiger partial charge in [-0.15, -0.1) is 23.5 Å². The van der Waals surface area contributed by atoms with Gasteiger partial charge in [-0.05, 0) is 49.0 Å². The normalized spacial score (nSPS) is 21.6. The van der Waals surface area contributed by atoms with E-state index >= 15 is 0 Å². The lowest BCUT2D eigenvalue weighted by molar-refractivity contribution is -0.153. The number of amides is 2. The maximum Gasteiger partial charge on any atom is 0.408 e. The molecule has 1 N–H and O–H groups in total. The number of alkyl carbamates (subject to hydrolysis) is 1. The van der Waals surface area contributed by atoms with Crippen molar-refractivity contribution in [3.8, 4) is 0 Å². The van der Waals surface area contributed by atoms with Crippen molar-refractivity contribution in [1.82, 2.24) is 15.1 Å². The van der Waals surface area contributed by atoms with Crippen molar-refractivity contribution < 1.29 is 23.9 Å². The number of esters is 1. The van der Waals surface area contributed by atoms with Gasteiger partial charge in [0.15, 0.2) is 11.3 Å². The largest absolute Gasteiger partial charge is 0.448 e. The minimum Gasteiger partial charge on any atom is -0.448 e. The number of carbonyl (C=O) groups excluding carboxylic acids is 3. The first kappa shape index (κ1) is 32.6. The van der Waals surface area contributed by atoms with Crippen LogP contribution in [0.1, 0.15) is 38.0 Å². The fourth-order valence-electron chi connectivity index (χ4n) is 5.61. The third kappa shape index (κ3) is 7.44. The van der Waals surface area contributed by atoms with Crippen molar-refractivity contribution in [3.05, 3.63) is 94.5 Å². The highest BCUT2D eigenvalue weighted by molar-refractivity contribution is 8.14. The van der Waals surface area contributed by atoms with Gasteiger partial charge in [0.1, 0.15) is 22.7 Å². The van der Waals surface area contributed by atoms with E-state index in [-0.39, 0.29) is 11.6 Å². The highest BCUT2D eigenvalue weighted by Crippen LogP contribution is 2.42. The third-order valence-electron chi connectivity index (χ3n) is 7.79. The molecule has 2 fully saturated rings. The standard InChI is InChI=1S/C34H38N4O5S3/c1-34(2,3)43-33(41)36-26-29(39)38-27(31(40)42-28(23-10-6-4-7-11-23)24-12-8-5-9-13-24)25(21-46-30(26)38)14-16-44-20-22-18-37(19-22)32-35-15-17-45-32/h4-14,16,22,26,28,30H,15,17-21H2,1-3H3,(H,36,41)/t26-,30-/m1/s1. The van der Waals surface area contributed by atoms with Gasteiger partial charge in [-0.3, -0.25) is 14.7 Å². The number of nitrogens with zero attached hydrogens (tertiary/aromatic N) is 3. The lowest BCUT2D eigenvalue weighted by atomic mass is 10.0. The summed E-state index contributed by atoms with van der Waals surface area (Å²) in [4.78, 5) is 48.6. The summed E-state index contributed by atoms with van der Waals surface area (Å²) < 4.78 is 11.6. The van der Waals surface area contributed by atoms with Crippen molar-refractivity contribution in [2.24, 2.45) is 10.9 Å². The lowest BCUT2D eigenvalue weighted by Crippen LogP contribution is -2.70. The first-order valence-electron chi connectivity index (χ1n) is 15.4. The van der Waals surface area contributed by atoms with E-state index in [1.807, 2.05) is 83.9 Å². The molecule has 0 aliphatic carbocycles. The maximum absolute atomic E-state index is 14.1. The van der Waals surface area contributed by atoms with E-state index in [1.165, 1.54) is 21.8 Å². The van der Waals surface area contributed by atoms with E-state index in [4.69, 9.17) is 9.47 Å².